The molecule has 3 nitrogen and oxygen atoms in total. The van der Waals surface area contributed by atoms with Crippen LogP contribution in [0.25, 0.3) is 0 Å². The topological polar surface area (TPSA) is 49.3 Å². The van der Waals surface area contributed by atoms with Crippen molar-refractivity contribution in [3.05, 3.63) is 29.8 Å². The molecule has 1 rings (SSSR count). The van der Waals surface area contributed by atoms with Gasteiger partial charge in [0.1, 0.15) is 0 Å². The van der Waals surface area contributed by atoms with Gasteiger partial charge in [0.05, 0.1) is 5.60 Å². The second-order valence-corrected chi connectivity index (χ2v) is 6.37. The predicted octanol–water partition coefficient (Wildman–Crippen LogP) is 3.11. The number of hydrogen-bond acceptors (Lipinski definition) is 3. The van der Waals surface area contributed by atoms with E-state index in [0.29, 0.717) is 17.1 Å². The van der Waals surface area contributed by atoms with E-state index in [9.17, 15) is 18.7 Å². The molecule has 1 atom stereocenters. The summed E-state index contributed by atoms with van der Waals surface area (Å²) in [6.07, 6.45) is 1.72. The van der Waals surface area contributed by atoms with E-state index in [1.54, 1.807) is 6.92 Å². The van der Waals surface area contributed by atoms with E-state index in [0.717, 1.165) is 18.6 Å². The lowest BCUT2D eigenvalue weighted by atomic mass is 10.0. The minimum Gasteiger partial charge on any atom is -0.388 e. The van der Waals surface area contributed by atoms with Crippen LogP contribution in [0.3, 0.4) is 0 Å². The number of thioether (sulfide) groups is 1. The molecule has 1 amide bonds. The third kappa shape index (κ3) is 6.91. The predicted molar refractivity (Wildman–Crippen MR) is 80.2 cm³/mol. The zero-order chi connectivity index (χ0) is 15.9. The molecule has 0 saturated carbocycles. The van der Waals surface area contributed by atoms with E-state index in [-0.39, 0.29) is 18.9 Å². The quantitative estimate of drug-likeness (QED) is 0.724. The van der Waals surface area contributed by atoms with Crippen molar-refractivity contribution in [2.45, 2.75) is 43.6 Å². The standard InChI is InChI=1S/C15H21F2NO2S/c1-3-7-15(2,20)10-18-14(19)6-8-21-11-4-5-12(16)13(17)9-11/h4-5,9,20H,3,6-8,10H2,1-2H3,(H,18,19). The molecule has 1 aromatic rings. The van der Waals surface area contributed by atoms with Crippen LogP contribution < -0.4 is 5.32 Å². The van der Waals surface area contributed by atoms with Gasteiger partial charge in [-0.2, -0.15) is 0 Å². The molecule has 1 unspecified atom stereocenters. The molecule has 0 heterocycles. The molecule has 0 radical (unpaired) electrons. The fraction of sp³-hybridized carbons (Fsp3) is 0.533. The average Bonchev–Trinajstić information content (AvgIpc) is 2.41. The number of rotatable bonds is 8. The highest BCUT2D eigenvalue weighted by Crippen LogP contribution is 2.21. The van der Waals surface area contributed by atoms with E-state index in [2.05, 4.69) is 5.32 Å². The smallest absolute Gasteiger partial charge is 0.220 e. The van der Waals surface area contributed by atoms with Gasteiger partial charge in [0, 0.05) is 23.6 Å². The van der Waals surface area contributed by atoms with Crippen molar-refractivity contribution in [1.82, 2.24) is 5.32 Å². The van der Waals surface area contributed by atoms with Crippen LogP contribution in [-0.2, 0) is 4.79 Å². The minimum absolute atomic E-state index is 0.165. The summed E-state index contributed by atoms with van der Waals surface area (Å²) in [5, 5.41) is 12.6. The monoisotopic (exact) mass is 317 g/mol. The summed E-state index contributed by atoms with van der Waals surface area (Å²) in [5.41, 5.74) is -0.891. The first-order valence-corrected chi connectivity index (χ1v) is 7.89. The zero-order valence-corrected chi connectivity index (χ0v) is 13.1. The summed E-state index contributed by atoms with van der Waals surface area (Å²) in [7, 11) is 0. The van der Waals surface area contributed by atoms with Gasteiger partial charge < -0.3 is 10.4 Å². The lowest BCUT2D eigenvalue weighted by Crippen LogP contribution is -2.40. The van der Waals surface area contributed by atoms with Crippen LogP contribution in [0.2, 0.25) is 0 Å². The van der Waals surface area contributed by atoms with Gasteiger partial charge in [0.2, 0.25) is 5.91 Å². The SMILES string of the molecule is CCCC(C)(O)CNC(=O)CCSc1ccc(F)c(F)c1. The van der Waals surface area contributed by atoms with Gasteiger partial charge in [-0.25, -0.2) is 8.78 Å². The third-order valence-corrected chi connectivity index (χ3v) is 3.94. The maximum Gasteiger partial charge on any atom is 0.220 e. The number of amides is 1. The lowest BCUT2D eigenvalue weighted by Gasteiger charge is -2.22. The fourth-order valence-corrected chi connectivity index (χ4v) is 2.71. The molecule has 0 spiro atoms. The summed E-state index contributed by atoms with van der Waals surface area (Å²) in [6.45, 7) is 3.87. The summed E-state index contributed by atoms with van der Waals surface area (Å²) in [4.78, 5) is 12.2. The number of hydrogen-bond donors (Lipinski definition) is 2. The molecule has 1 aromatic carbocycles. The molecule has 0 aromatic heterocycles. The van der Waals surface area contributed by atoms with Crippen molar-refractivity contribution in [2.75, 3.05) is 12.3 Å². The van der Waals surface area contributed by atoms with Gasteiger partial charge in [-0.3, -0.25) is 4.79 Å². The Morgan fingerprint density at radius 2 is 2.10 bits per heavy atom. The second kappa shape index (κ2) is 8.34. The summed E-state index contributed by atoms with van der Waals surface area (Å²) in [5.74, 6) is -1.47. The van der Waals surface area contributed by atoms with E-state index < -0.39 is 17.2 Å². The second-order valence-electron chi connectivity index (χ2n) is 5.20. The Labute approximate surface area is 128 Å². The van der Waals surface area contributed by atoms with Gasteiger partial charge in [-0.1, -0.05) is 13.3 Å². The first-order valence-electron chi connectivity index (χ1n) is 6.91. The van der Waals surface area contributed by atoms with Crippen LogP contribution >= 0.6 is 11.8 Å². The number of carbonyl (C=O) groups excluding carboxylic acids is 1. The highest BCUT2D eigenvalue weighted by Gasteiger charge is 2.19. The lowest BCUT2D eigenvalue weighted by molar-refractivity contribution is -0.121. The molecule has 118 valence electrons. The van der Waals surface area contributed by atoms with Crippen LogP contribution in [-0.4, -0.2) is 28.9 Å². The van der Waals surface area contributed by atoms with E-state index in [1.807, 2.05) is 6.92 Å². The van der Waals surface area contributed by atoms with Crippen LogP contribution in [0.1, 0.15) is 33.1 Å². The van der Waals surface area contributed by atoms with Crippen molar-refractivity contribution in [3.8, 4) is 0 Å². The van der Waals surface area contributed by atoms with Crippen molar-refractivity contribution in [1.29, 1.82) is 0 Å². The molecule has 0 aliphatic rings. The molecular formula is C15H21F2NO2S. The number of carbonyl (C=O) groups is 1. The molecule has 0 aliphatic carbocycles. The van der Waals surface area contributed by atoms with Gasteiger partial charge in [0.15, 0.2) is 11.6 Å². The Morgan fingerprint density at radius 3 is 2.71 bits per heavy atom. The summed E-state index contributed by atoms with van der Waals surface area (Å²) >= 11 is 1.29. The highest BCUT2D eigenvalue weighted by atomic mass is 32.2. The summed E-state index contributed by atoms with van der Waals surface area (Å²) in [6, 6.07) is 3.66. The van der Waals surface area contributed by atoms with Crippen LogP contribution in [0.5, 0.6) is 0 Å². The van der Waals surface area contributed by atoms with Crippen LogP contribution in [0.4, 0.5) is 8.78 Å². The van der Waals surface area contributed by atoms with Crippen LogP contribution in [0.15, 0.2) is 23.1 Å². The normalized spacial score (nSPS) is 13.8. The molecular weight excluding hydrogens is 296 g/mol. The Morgan fingerprint density at radius 1 is 1.38 bits per heavy atom. The Hall–Kier alpha value is -1.14. The molecule has 0 saturated heterocycles. The van der Waals surface area contributed by atoms with Crippen LogP contribution in [0, 0.1) is 11.6 Å². The van der Waals surface area contributed by atoms with Gasteiger partial charge in [-0.05, 0) is 31.5 Å². The molecule has 0 aliphatic heterocycles. The van der Waals surface area contributed by atoms with Crippen molar-refractivity contribution >= 4 is 17.7 Å². The number of halogens is 2. The van der Waals surface area contributed by atoms with E-state index >= 15 is 0 Å². The molecule has 6 heteroatoms. The first-order chi connectivity index (χ1) is 9.84. The number of benzene rings is 1. The molecule has 0 bridgehead atoms. The number of aliphatic hydroxyl groups is 1. The largest absolute Gasteiger partial charge is 0.388 e. The zero-order valence-electron chi connectivity index (χ0n) is 12.3. The fourth-order valence-electron chi connectivity index (χ4n) is 1.83. The van der Waals surface area contributed by atoms with Gasteiger partial charge >= 0.3 is 0 Å². The van der Waals surface area contributed by atoms with Gasteiger partial charge in [-0.15, -0.1) is 11.8 Å². The Bertz CT molecular complexity index is 481. The first kappa shape index (κ1) is 17.9. The van der Waals surface area contributed by atoms with E-state index in [4.69, 9.17) is 0 Å². The molecule has 0 fully saturated rings. The van der Waals surface area contributed by atoms with Crippen molar-refractivity contribution < 1.29 is 18.7 Å². The van der Waals surface area contributed by atoms with Gasteiger partial charge in [0.25, 0.3) is 0 Å². The third-order valence-electron chi connectivity index (χ3n) is 2.94. The number of nitrogens with one attached hydrogen (secondary N) is 1. The molecule has 2 N–H and O–H groups in total. The van der Waals surface area contributed by atoms with Crippen molar-refractivity contribution in [2.24, 2.45) is 0 Å². The minimum atomic E-state index is -0.891. The average molecular weight is 317 g/mol. The van der Waals surface area contributed by atoms with E-state index in [1.165, 1.54) is 17.8 Å². The Balaban J connectivity index is 2.29. The highest BCUT2D eigenvalue weighted by molar-refractivity contribution is 7.99. The maximum atomic E-state index is 13.0. The maximum absolute atomic E-state index is 13.0. The molecule has 21 heavy (non-hydrogen) atoms. The Kier molecular flexibility index (Phi) is 7.11. The summed E-state index contributed by atoms with van der Waals surface area (Å²) < 4.78 is 25.7. The van der Waals surface area contributed by atoms with Crippen molar-refractivity contribution in [3.63, 3.8) is 0 Å².